The molecule has 0 bridgehead atoms. The molecule has 0 saturated carbocycles. The van der Waals surface area contributed by atoms with Gasteiger partial charge in [-0.05, 0) is 0 Å². The quantitative estimate of drug-likeness (QED) is 0.222. The number of aliphatic hydroxyl groups excluding tert-OH is 2. The molecule has 3 N–H and O–H groups in total. The molecular formula is C16H30O12. The molecule has 12 heteroatoms. The smallest absolute Gasteiger partial charge is 0.305 e. The van der Waals surface area contributed by atoms with Crippen LogP contribution in [0.2, 0.25) is 0 Å². The average Bonchev–Trinajstić information content (AvgIpc) is 2.50. The van der Waals surface area contributed by atoms with Crippen LogP contribution < -0.4 is 0 Å². The Kier molecular flexibility index (Phi) is 28.5. The van der Waals surface area contributed by atoms with Crippen molar-refractivity contribution in [1.29, 1.82) is 0 Å². The van der Waals surface area contributed by atoms with Crippen LogP contribution >= 0.6 is 0 Å². The van der Waals surface area contributed by atoms with Gasteiger partial charge in [0.1, 0.15) is 13.2 Å². The van der Waals surface area contributed by atoms with Crippen LogP contribution in [0.4, 0.5) is 0 Å². The van der Waals surface area contributed by atoms with E-state index in [4.69, 9.17) is 20.1 Å². The summed E-state index contributed by atoms with van der Waals surface area (Å²) in [4.78, 5) is 49.7. The van der Waals surface area contributed by atoms with Gasteiger partial charge in [-0.1, -0.05) is 0 Å². The van der Waals surface area contributed by atoms with Crippen LogP contribution in [0.25, 0.3) is 0 Å². The van der Waals surface area contributed by atoms with Crippen molar-refractivity contribution in [1.82, 2.24) is 0 Å². The van der Waals surface area contributed by atoms with Gasteiger partial charge in [-0.15, -0.1) is 0 Å². The van der Waals surface area contributed by atoms with Gasteiger partial charge in [-0.2, -0.15) is 0 Å². The highest BCUT2D eigenvalue weighted by Crippen LogP contribution is 1.93. The van der Waals surface area contributed by atoms with Crippen LogP contribution in [-0.2, 0) is 42.9 Å². The van der Waals surface area contributed by atoms with Gasteiger partial charge in [-0.25, -0.2) is 0 Å². The normalized spacial score (nSPS) is 8.32. The molecule has 0 unspecified atom stereocenters. The van der Waals surface area contributed by atoms with E-state index in [1.807, 2.05) is 0 Å². The summed E-state index contributed by atoms with van der Waals surface area (Å²) in [5, 5.41) is 22.7. The summed E-state index contributed by atoms with van der Waals surface area (Å²) in [6, 6.07) is 0. The third-order valence-corrected chi connectivity index (χ3v) is 1.46. The van der Waals surface area contributed by atoms with E-state index in [1.165, 1.54) is 34.6 Å². The number of ether oxygens (including phenoxy) is 4. The zero-order valence-corrected chi connectivity index (χ0v) is 16.9. The summed E-state index contributed by atoms with van der Waals surface area (Å²) in [5.41, 5.74) is 0. The van der Waals surface area contributed by atoms with Gasteiger partial charge in [0.2, 0.25) is 6.29 Å². The van der Waals surface area contributed by atoms with Gasteiger partial charge in [-0.3, -0.25) is 24.0 Å². The lowest BCUT2D eigenvalue weighted by atomic mass is 10.7. The molecule has 0 aromatic rings. The number of rotatable bonds is 6. The first kappa shape index (κ1) is 32.9. The van der Waals surface area contributed by atoms with E-state index in [0.29, 0.717) is 0 Å². The zero-order chi connectivity index (χ0) is 23.1. The molecule has 0 aliphatic rings. The summed E-state index contributed by atoms with van der Waals surface area (Å²) >= 11 is 0. The minimum Gasteiger partial charge on any atom is -0.481 e. The van der Waals surface area contributed by atoms with Crippen molar-refractivity contribution in [2.45, 2.75) is 47.8 Å². The Balaban J connectivity index is -0.000000150. The maximum Gasteiger partial charge on any atom is 0.305 e. The second kappa shape index (κ2) is 24.3. The Morgan fingerprint density at radius 1 is 0.679 bits per heavy atom. The van der Waals surface area contributed by atoms with Gasteiger partial charge in [0.25, 0.3) is 5.97 Å². The van der Waals surface area contributed by atoms with Gasteiger partial charge in [0.05, 0.1) is 13.2 Å². The predicted octanol–water partition coefficient (Wildman–Crippen LogP) is -0.367. The van der Waals surface area contributed by atoms with Crippen molar-refractivity contribution in [2.24, 2.45) is 0 Å². The van der Waals surface area contributed by atoms with Crippen molar-refractivity contribution in [3.05, 3.63) is 0 Å². The number of carboxylic acids is 1. The van der Waals surface area contributed by atoms with Crippen molar-refractivity contribution >= 4 is 29.8 Å². The molecule has 166 valence electrons. The molecule has 0 heterocycles. The van der Waals surface area contributed by atoms with Crippen LogP contribution in [0.1, 0.15) is 41.5 Å². The number of hydrogen-bond acceptors (Lipinski definition) is 11. The zero-order valence-electron chi connectivity index (χ0n) is 16.9. The van der Waals surface area contributed by atoms with Gasteiger partial charge in [0.15, 0.2) is 0 Å². The maximum absolute atomic E-state index is 10.2. The van der Waals surface area contributed by atoms with E-state index in [9.17, 15) is 19.2 Å². The number of aliphatic hydroxyl groups is 2. The molecule has 12 nitrogen and oxygen atoms in total. The highest BCUT2D eigenvalue weighted by molar-refractivity contribution is 5.68. The summed E-state index contributed by atoms with van der Waals surface area (Å²) in [6.45, 7) is 7.67. The van der Waals surface area contributed by atoms with Crippen LogP contribution in [0, 0.1) is 0 Å². The molecule has 0 rings (SSSR count). The fourth-order valence-corrected chi connectivity index (χ4v) is 0.862. The largest absolute Gasteiger partial charge is 0.481 e. The highest BCUT2D eigenvalue weighted by Gasteiger charge is 2.06. The summed E-state index contributed by atoms with van der Waals surface area (Å²) in [5.74, 6) is -2.50. The first-order chi connectivity index (χ1) is 12.8. The molecule has 0 fully saturated rings. The number of carboxylic acid groups (broad SMARTS) is 1. The number of carbonyl (C=O) groups excluding carboxylic acids is 4. The maximum atomic E-state index is 10.2. The Morgan fingerprint density at radius 2 is 0.929 bits per heavy atom. The van der Waals surface area contributed by atoms with Crippen molar-refractivity contribution < 1.29 is 58.2 Å². The lowest BCUT2D eigenvalue weighted by molar-refractivity contribution is -0.181. The fourth-order valence-electron chi connectivity index (χ4n) is 0.862. The molecule has 0 amide bonds. The topological polar surface area (TPSA) is 183 Å². The number of hydrogen-bond donors (Lipinski definition) is 3. The number of aliphatic carboxylic acids is 1. The molecular weight excluding hydrogens is 384 g/mol. The van der Waals surface area contributed by atoms with Crippen LogP contribution in [0.5, 0.6) is 0 Å². The van der Waals surface area contributed by atoms with Gasteiger partial charge < -0.3 is 34.3 Å². The minimum atomic E-state index is -0.833. The molecule has 0 radical (unpaired) electrons. The SMILES string of the molecule is CC(=O)O.CC(=O)OC(C)OC(C)=O.CC(=O)OCCOC(C)=O.OCCO. The fraction of sp³-hybridized carbons (Fsp3) is 0.688. The Labute approximate surface area is 163 Å². The Bertz CT molecular complexity index is 409. The number of carbonyl (C=O) groups is 5. The second-order valence-corrected chi connectivity index (χ2v) is 4.43. The molecule has 0 aliphatic heterocycles. The standard InChI is InChI=1S/2C6H10O4.C2H4O2.C2H6O2/c1-5(7)9-3-4-10-6(2)8;1-4(7)9-6(3)10-5(2)8;1-2(3)4;3-1-2-4/h3-4H2,1-2H3;6H,1-3H3;1H3,(H,3,4);3-4H,1-2H2. The average molecular weight is 414 g/mol. The molecule has 0 spiro atoms. The van der Waals surface area contributed by atoms with E-state index >= 15 is 0 Å². The Hall–Kier alpha value is -2.73. The number of esters is 4. The summed E-state index contributed by atoms with van der Waals surface area (Å²) in [7, 11) is 0. The highest BCUT2D eigenvalue weighted by atomic mass is 16.7. The molecule has 0 saturated heterocycles. The lowest BCUT2D eigenvalue weighted by Crippen LogP contribution is -2.18. The minimum absolute atomic E-state index is 0.125. The second-order valence-electron chi connectivity index (χ2n) is 4.43. The molecule has 0 aromatic heterocycles. The monoisotopic (exact) mass is 414 g/mol. The van der Waals surface area contributed by atoms with Gasteiger partial charge in [0, 0.05) is 41.5 Å². The third kappa shape index (κ3) is 65.5. The predicted molar refractivity (Wildman–Crippen MR) is 93.7 cm³/mol. The van der Waals surface area contributed by atoms with Crippen molar-refractivity contribution in [3.8, 4) is 0 Å². The van der Waals surface area contributed by atoms with E-state index in [2.05, 4.69) is 18.9 Å². The van der Waals surface area contributed by atoms with Gasteiger partial charge >= 0.3 is 23.9 Å². The lowest BCUT2D eigenvalue weighted by Gasteiger charge is -2.10. The van der Waals surface area contributed by atoms with E-state index in [-0.39, 0.29) is 38.4 Å². The first-order valence-corrected chi connectivity index (χ1v) is 7.82. The Morgan fingerprint density at radius 3 is 1.07 bits per heavy atom. The van der Waals surface area contributed by atoms with Crippen LogP contribution in [0.15, 0.2) is 0 Å². The van der Waals surface area contributed by atoms with E-state index in [0.717, 1.165) is 6.92 Å². The van der Waals surface area contributed by atoms with Crippen LogP contribution in [-0.4, -0.2) is 77.9 Å². The third-order valence-electron chi connectivity index (χ3n) is 1.46. The van der Waals surface area contributed by atoms with E-state index in [1.54, 1.807) is 0 Å². The summed E-state index contributed by atoms with van der Waals surface area (Å²) < 4.78 is 17.9. The molecule has 28 heavy (non-hydrogen) atoms. The van der Waals surface area contributed by atoms with Crippen molar-refractivity contribution in [2.75, 3.05) is 26.4 Å². The first-order valence-electron chi connectivity index (χ1n) is 7.82. The molecule has 0 aromatic carbocycles. The molecule has 0 aliphatic carbocycles. The van der Waals surface area contributed by atoms with Crippen molar-refractivity contribution in [3.63, 3.8) is 0 Å². The van der Waals surface area contributed by atoms with E-state index < -0.39 is 24.2 Å². The summed E-state index contributed by atoms with van der Waals surface area (Å²) in [6.07, 6.45) is -0.782. The van der Waals surface area contributed by atoms with Crippen LogP contribution in [0.3, 0.4) is 0 Å². The molecule has 0 atom stereocenters.